The zero-order chi connectivity index (χ0) is 23.9. The van der Waals surface area contributed by atoms with Crippen molar-refractivity contribution in [3.63, 3.8) is 0 Å². The van der Waals surface area contributed by atoms with E-state index < -0.39 is 17.7 Å². The number of rotatable bonds is 4. The van der Waals surface area contributed by atoms with Crippen molar-refractivity contribution in [2.24, 2.45) is 0 Å². The highest BCUT2D eigenvalue weighted by Gasteiger charge is 2.48. The first-order chi connectivity index (χ1) is 15.7. The summed E-state index contributed by atoms with van der Waals surface area (Å²) in [4.78, 5) is 32.4. The Kier molecular flexibility index (Phi) is 5.95. The van der Waals surface area contributed by atoms with Gasteiger partial charge in [-0.25, -0.2) is 0 Å². The fourth-order valence-electron chi connectivity index (χ4n) is 4.20. The Bertz CT molecular complexity index is 1300. The first-order valence-electron chi connectivity index (χ1n) is 10.4. The van der Waals surface area contributed by atoms with E-state index in [1.165, 1.54) is 4.90 Å². The Hall–Kier alpha value is -3.64. The van der Waals surface area contributed by atoms with Gasteiger partial charge in [0.1, 0.15) is 17.6 Å². The summed E-state index contributed by atoms with van der Waals surface area (Å²) in [5.74, 6) is -1.09. The normalized spacial score (nSPS) is 17.5. The SMILES string of the molecule is COc1cc(C)c(/C(O)=C2\C(=O)C(=O)N(c3ccc(Cl)cc3C)C2c2ccccn2)cc1C. The molecular formula is C26H23ClN2O4. The first-order valence-corrected chi connectivity index (χ1v) is 10.8. The molecule has 1 saturated heterocycles. The predicted octanol–water partition coefficient (Wildman–Crippen LogP) is 5.30. The fraction of sp³-hybridized carbons (Fsp3) is 0.192. The van der Waals surface area contributed by atoms with E-state index in [1.807, 2.05) is 20.8 Å². The van der Waals surface area contributed by atoms with Crippen LogP contribution in [0.4, 0.5) is 5.69 Å². The van der Waals surface area contributed by atoms with Crippen LogP contribution >= 0.6 is 11.6 Å². The van der Waals surface area contributed by atoms with Crippen LogP contribution < -0.4 is 9.64 Å². The number of nitrogens with zero attached hydrogens (tertiary/aromatic N) is 2. The van der Waals surface area contributed by atoms with Gasteiger partial charge in [-0.1, -0.05) is 17.7 Å². The smallest absolute Gasteiger partial charge is 0.300 e. The molecule has 33 heavy (non-hydrogen) atoms. The lowest BCUT2D eigenvalue weighted by Crippen LogP contribution is -2.30. The number of amides is 1. The number of ketones is 1. The maximum absolute atomic E-state index is 13.3. The third-order valence-electron chi connectivity index (χ3n) is 5.83. The maximum atomic E-state index is 13.3. The molecule has 1 fully saturated rings. The van der Waals surface area contributed by atoms with Gasteiger partial charge >= 0.3 is 0 Å². The van der Waals surface area contributed by atoms with Crippen molar-refractivity contribution >= 4 is 34.7 Å². The number of hydrogen-bond donors (Lipinski definition) is 1. The van der Waals surface area contributed by atoms with Crippen molar-refractivity contribution in [3.8, 4) is 5.75 Å². The summed E-state index contributed by atoms with van der Waals surface area (Å²) in [6.45, 7) is 5.47. The van der Waals surface area contributed by atoms with Crippen LogP contribution in [0.3, 0.4) is 0 Å². The molecule has 3 aromatic rings. The summed E-state index contributed by atoms with van der Waals surface area (Å²) < 4.78 is 5.36. The number of anilines is 1. The van der Waals surface area contributed by atoms with Crippen LogP contribution in [0.25, 0.3) is 5.76 Å². The van der Waals surface area contributed by atoms with Crippen molar-refractivity contribution in [2.45, 2.75) is 26.8 Å². The van der Waals surface area contributed by atoms with Crippen LogP contribution in [0.15, 0.2) is 60.3 Å². The zero-order valence-corrected chi connectivity index (χ0v) is 19.5. The molecule has 1 N–H and O–H groups in total. The van der Waals surface area contributed by atoms with E-state index in [-0.39, 0.29) is 11.3 Å². The van der Waals surface area contributed by atoms with Crippen molar-refractivity contribution in [2.75, 3.05) is 12.0 Å². The summed E-state index contributed by atoms with van der Waals surface area (Å²) in [5.41, 5.74) is 3.67. The Morgan fingerprint density at radius 3 is 2.42 bits per heavy atom. The molecule has 0 radical (unpaired) electrons. The molecule has 2 aromatic carbocycles. The van der Waals surface area contributed by atoms with Crippen LogP contribution in [-0.4, -0.2) is 28.9 Å². The third-order valence-corrected chi connectivity index (χ3v) is 6.06. The second-order valence-electron chi connectivity index (χ2n) is 7.99. The number of aliphatic hydroxyl groups excluding tert-OH is 1. The third kappa shape index (κ3) is 3.87. The fourth-order valence-corrected chi connectivity index (χ4v) is 4.42. The summed E-state index contributed by atoms with van der Waals surface area (Å²) in [5, 5.41) is 11.9. The number of methoxy groups -OCH3 is 1. The van der Waals surface area contributed by atoms with Gasteiger partial charge in [0.15, 0.2) is 0 Å². The lowest BCUT2D eigenvalue weighted by molar-refractivity contribution is -0.132. The number of ether oxygens (including phenoxy) is 1. The Labute approximate surface area is 197 Å². The molecule has 6 nitrogen and oxygen atoms in total. The van der Waals surface area contributed by atoms with Crippen molar-refractivity contribution in [1.29, 1.82) is 0 Å². The van der Waals surface area contributed by atoms with Crippen molar-refractivity contribution in [3.05, 3.63) is 93.3 Å². The highest BCUT2D eigenvalue weighted by atomic mass is 35.5. The highest BCUT2D eigenvalue weighted by Crippen LogP contribution is 2.43. The second kappa shape index (κ2) is 8.71. The standard InChI is InChI=1S/C26H23ClN2O4/c1-14-13-21(33-4)16(3)12-18(14)24(30)22-23(19-7-5-6-10-28-19)29(26(32)25(22)31)20-9-8-17(27)11-15(20)2/h5-13,23,30H,1-4H3/b24-22+. The van der Waals surface area contributed by atoms with E-state index >= 15 is 0 Å². The molecule has 0 aliphatic carbocycles. The molecule has 1 aliphatic heterocycles. The number of hydrogen-bond acceptors (Lipinski definition) is 5. The second-order valence-corrected chi connectivity index (χ2v) is 8.43. The summed E-state index contributed by atoms with van der Waals surface area (Å²) >= 11 is 6.12. The van der Waals surface area contributed by atoms with Gasteiger partial charge in [-0.3, -0.25) is 19.5 Å². The van der Waals surface area contributed by atoms with Gasteiger partial charge in [0.05, 0.1) is 18.4 Å². The van der Waals surface area contributed by atoms with Crippen LogP contribution in [0.1, 0.15) is 34.0 Å². The lowest BCUT2D eigenvalue weighted by atomic mass is 9.94. The Morgan fingerprint density at radius 1 is 1.03 bits per heavy atom. The average molecular weight is 463 g/mol. The molecule has 7 heteroatoms. The van der Waals surface area contributed by atoms with Crippen LogP contribution in [0.2, 0.25) is 5.02 Å². The Balaban J connectivity index is 1.98. The molecule has 1 aromatic heterocycles. The molecule has 1 atom stereocenters. The number of aliphatic hydroxyl groups is 1. The van der Waals surface area contributed by atoms with Gasteiger partial charge in [-0.15, -0.1) is 0 Å². The van der Waals surface area contributed by atoms with Crippen molar-refractivity contribution in [1.82, 2.24) is 4.98 Å². The number of aromatic nitrogens is 1. The lowest BCUT2D eigenvalue weighted by Gasteiger charge is -2.26. The quantitative estimate of drug-likeness (QED) is 0.323. The number of pyridine rings is 1. The van der Waals surface area contributed by atoms with Crippen molar-refractivity contribution < 1.29 is 19.4 Å². The number of aryl methyl sites for hydroxylation is 3. The van der Waals surface area contributed by atoms with E-state index in [0.29, 0.717) is 33.3 Å². The molecule has 2 heterocycles. The number of carbonyl (C=O) groups is 2. The van der Waals surface area contributed by atoms with E-state index in [2.05, 4.69) is 4.98 Å². The van der Waals surface area contributed by atoms with E-state index in [4.69, 9.17) is 16.3 Å². The molecule has 1 amide bonds. The summed E-state index contributed by atoms with van der Waals surface area (Å²) in [6, 6.07) is 13.0. The minimum absolute atomic E-state index is 0.0132. The monoisotopic (exact) mass is 462 g/mol. The first kappa shape index (κ1) is 22.6. The molecule has 0 bridgehead atoms. The maximum Gasteiger partial charge on any atom is 0.300 e. The molecule has 0 spiro atoms. The minimum Gasteiger partial charge on any atom is -0.507 e. The number of halogens is 1. The number of benzene rings is 2. The molecule has 0 saturated carbocycles. The van der Waals surface area contributed by atoms with E-state index in [9.17, 15) is 14.7 Å². The average Bonchev–Trinajstić information content (AvgIpc) is 3.06. The molecule has 168 valence electrons. The van der Waals surface area contributed by atoms with Gasteiger partial charge in [0, 0.05) is 22.5 Å². The molecular weight excluding hydrogens is 440 g/mol. The van der Waals surface area contributed by atoms with Crippen LogP contribution in [0, 0.1) is 20.8 Å². The zero-order valence-electron chi connectivity index (χ0n) is 18.7. The summed E-state index contributed by atoms with van der Waals surface area (Å²) in [7, 11) is 1.57. The van der Waals surface area contributed by atoms with E-state index in [0.717, 1.165) is 11.1 Å². The number of carbonyl (C=O) groups excluding carboxylic acids is 2. The topological polar surface area (TPSA) is 79.7 Å². The van der Waals surface area contributed by atoms with Crippen LogP contribution in [-0.2, 0) is 9.59 Å². The van der Waals surface area contributed by atoms with Gasteiger partial charge in [-0.05, 0) is 79.9 Å². The Morgan fingerprint density at radius 2 is 1.79 bits per heavy atom. The summed E-state index contributed by atoms with van der Waals surface area (Å²) in [6.07, 6.45) is 1.59. The van der Waals surface area contributed by atoms with Crippen LogP contribution in [0.5, 0.6) is 5.75 Å². The molecule has 1 aliphatic rings. The van der Waals surface area contributed by atoms with Gasteiger partial charge < -0.3 is 9.84 Å². The minimum atomic E-state index is -0.895. The molecule has 4 rings (SSSR count). The van der Waals surface area contributed by atoms with Gasteiger partial charge in [-0.2, -0.15) is 0 Å². The predicted molar refractivity (Wildman–Crippen MR) is 128 cm³/mol. The molecule has 1 unspecified atom stereocenters. The number of Topliss-reactive ketones (excluding diaryl/α,β-unsaturated/α-hetero) is 1. The van der Waals surface area contributed by atoms with Gasteiger partial charge in [0.25, 0.3) is 11.7 Å². The van der Waals surface area contributed by atoms with Gasteiger partial charge in [0.2, 0.25) is 0 Å². The van der Waals surface area contributed by atoms with E-state index in [1.54, 1.807) is 61.8 Å². The largest absolute Gasteiger partial charge is 0.507 e. The highest BCUT2D eigenvalue weighted by molar-refractivity contribution is 6.51.